The molecule has 30 heavy (non-hydrogen) atoms. The fourth-order valence-electron chi connectivity index (χ4n) is 2.94. The van der Waals surface area contributed by atoms with Crippen LogP contribution < -0.4 is 10.6 Å². The number of urea groups is 1. The van der Waals surface area contributed by atoms with E-state index in [9.17, 15) is 14.0 Å². The number of rotatable bonds is 9. The number of carbonyl (C=O) groups is 2. The zero-order chi connectivity index (χ0) is 21.3. The standard InChI is InChI=1S/C22H24FN3O4/c1-2-29-20(27)9-4-3-5-12-24-22(28)25-17-8-6-7-15(13-17)21-26-18-14-16(23)10-11-19(18)30-21/h6-8,10-11,13-14H,2-5,9,12H2,1H3,(H2,24,25,28). The number of esters is 1. The van der Waals surface area contributed by atoms with Crippen LogP contribution in [0.1, 0.15) is 32.6 Å². The largest absolute Gasteiger partial charge is 0.466 e. The Kier molecular flexibility index (Phi) is 7.37. The number of benzene rings is 2. The first kappa shape index (κ1) is 21.3. The maximum atomic E-state index is 13.3. The summed E-state index contributed by atoms with van der Waals surface area (Å²) >= 11 is 0. The van der Waals surface area contributed by atoms with E-state index in [4.69, 9.17) is 9.15 Å². The van der Waals surface area contributed by atoms with Gasteiger partial charge in [-0.05, 0) is 50.1 Å². The van der Waals surface area contributed by atoms with Crippen molar-refractivity contribution in [2.45, 2.75) is 32.6 Å². The Balaban J connectivity index is 1.47. The first-order valence-corrected chi connectivity index (χ1v) is 9.92. The number of oxazole rings is 1. The van der Waals surface area contributed by atoms with Gasteiger partial charge in [0, 0.05) is 30.3 Å². The molecule has 0 atom stereocenters. The van der Waals surface area contributed by atoms with Crippen molar-refractivity contribution in [2.75, 3.05) is 18.5 Å². The Labute approximate surface area is 173 Å². The van der Waals surface area contributed by atoms with Crippen molar-refractivity contribution in [3.05, 3.63) is 48.3 Å². The molecule has 0 spiro atoms. The Hall–Kier alpha value is -3.42. The maximum absolute atomic E-state index is 13.3. The van der Waals surface area contributed by atoms with Gasteiger partial charge in [-0.25, -0.2) is 14.2 Å². The molecule has 2 amide bonds. The molecule has 8 heteroatoms. The maximum Gasteiger partial charge on any atom is 0.319 e. The lowest BCUT2D eigenvalue weighted by Gasteiger charge is -2.08. The second-order valence-electron chi connectivity index (χ2n) is 6.71. The average molecular weight is 413 g/mol. The normalized spacial score (nSPS) is 10.7. The first-order chi connectivity index (χ1) is 14.5. The van der Waals surface area contributed by atoms with Crippen LogP contribution >= 0.6 is 0 Å². The van der Waals surface area contributed by atoms with Crippen LogP contribution in [0.2, 0.25) is 0 Å². The minimum Gasteiger partial charge on any atom is -0.466 e. The molecule has 0 aliphatic carbocycles. The van der Waals surface area contributed by atoms with Gasteiger partial charge in [0.25, 0.3) is 0 Å². The fourth-order valence-corrected chi connectivity index (χ4v) is 2.94. The quantitative estimate of drug-likeness (QED) is 0.385. The Morgan fingerprint density at radius 1 is 1.13 bits per heavy atom. The summed E-state index contributed by atoms with van der Waals surface area (Å²) in [6.07, 6.45) is 2.73. The highest BCUT2D eigenvalue weighted by molar-refractivity contribution is 5.90. The Bertz CT molecular complexity index is 1020. The molecule has 0 saturated heterocycles. The van der Waals surface area contributed by atoms with Crippen molar-refractivity contribution in [3.8, 4) is 11.5 Å². The highest BCUT2D eigenvalue weighted by atomic mass is 19.1. The second-order valence-corrected chi connectivity index (χ2v) is 6.71. The fraction of sp³-hybridized carbons (Fsp3) is 0.318. The summed E-state index contributed by atoms with van der Waals surface area (Å²) in [5.41, 5.74) is 2.18. The van der Waals surface area contributed by atoms with E-state index >= 15 is 0 Å². The third-order valence-corrected chi connectivity index (χ3v) is 4.37. The molecule has 0 aliphatic heterocycles. The van der Waals surface area contributed by atoms with E-state index in [1.165, 1.54) is 18.2 Å². The number of amides is 2. The number of anilines is 1. The van der Waals surface area contributed by atoms with Gasteiger partial charge in [-0.2, -0.15) is 0 Å². The number of aromatic nitrogens is 1. The van der Waals surface area contributed by atoms with Crippen molar-refractivity contribution < 1.29 is 23.1 Å². The second kappa shape index (κ2) is 10.4. The van der Waals surface area contributed by atoms with Crippen LogP contribution in [0, 0.1) is 5.82 Å². The lowest BCUT2D eigenvalue weighted by atomic mass is 10.2. The van der Waals surface area contributed by atoms with Crippen LogP contribution in [-0.2, 0) is 9.53 Å². The number of ether oxygens (including phenoxy) is 1. The molecule has 0 unspecified atom stereocenters. The highest BCUT2D eigenvalue weighted by Gasteiger charge is 2.10. The first-order valence-electron chi connectivity index (χ1n) is 9.92. The van der Waals surface area contributed by atoms with Gasteiger partial charge in [0.1, 0.15) is 11.3 Å². The summed E-state index contributed by atoms with van der Waals surface area (Å²) in [6.45, 7) is 2.68. The number of unbranched alkanes of at least 4 members (excludes halogenated alkanes) is 2. The van der Waals surface area contributed by atoms with Gasteiger partial charge in [0.2, 0.25) is 5.89 Å². The van der Waals surface area contributed by atoms with E-state index in [-0.39, 0.29) is 17.8 Å². The van der Waals surface area contributed by atoms with E-state index in [0.717, 1.165) is 19.3 Å². The minimum absolute atomic E-state index is 0.188. The summed E-state index contributed by atoms with van der Waals surface area (Å²) < 4.78 is 23.9. The number of halogens is 1. The Morgan fingerprint density at radius 2 is 2.00 bits per heavy atom. The van der Waals surface area contributed by atoms with Crippen molar-refractivity contribution in [1.29, 1.82) is 0 Å². The van der Waals surface area contributed by atoms with Crippen LogP contribution in [0.25, 0.3) is 22.6 Å². The molecule has 1 aromatic heterocycles. The lowest BCUT2D eigenvalue weighted by molar-refractivity contribution is -0.143. The highest BCUT2D eigenvalue weighted by Crippen LogP contribution is 2.26. The van der Waals surface area contributed by atoms with Crippen LogP contribution in [-0.4, -0.2) is 30.1 Å². The average Bonchev–Trinajstić information content (AvgIpc) is 3.14. The van der Waals surface area contributed by atoms with Gasteiger partial charge in [0.05, 0.1) is 6.61 Å². The van der Waals surface area contributed by atoms with Gasteiger partial charge in [-0.15, -0.1) is 0 Å². The third-order valence-electron chi connectivity index (χ3n) is 4.37. The predicted molar refractivity (Wildman–Crippen MR) is 112 cm³/mol. The molecule has 2 N–H and O–H groups in total. The van der Waals surface area contributed by atoms with Crippen LogP contribution in [0.15, 0.2) is 46.9 Å². The molecular weight excluding hydrogens is 389 g/mol. The van der Waals surface area contributed by atoms with Gasteiger partial charge in [-0.1, -0.05) is 12.5 Å². The molecule has 7 nitrogen and oxygen atoms in total. The molecular formula is C22H24FN3O4. The van der Waals surface area contributed by atoms with Crippen molar-refractivity contribution >= 4 is 28.8 Å². The minimum atomic E-state index is -0.379. The summed E-state index contributed by atoms with van der Waals surface area (Å²) in [6, 6.07) is 10.9. The SMILES string of the molecule is CCOC(=O)CCCCCNC(=O)Nc1cccc(-c2nc3cc(F)ccc3o2)c1. The number of nitrogens with zero attached hydrogens (tertiary/aromatic N) is 1. The zero-order valence-electron chi connectivity index (χ0n) is 16.7. The smallest absolute Gasteiger partial charge is 0.319 e. The summed E-state index contributed by atoms with van der Waals surface area (Å²) in [5.74, 6) is -0.219. The number of fused-ring (bicyclic) bond motifs is 1. The van der Waals surface area contributed by atoms with Gasteiger partial charge in [-0.3, -0.25) is 4.79 Å². The van der Waals surface area contributed by atoms with E-state index in [1.54, 1.807) is 31.2 Å². The van der Waals surface area contributed by atoms with Gasteiger partial charge in [0.15, 0.2) is 5.58 Å². The number of carbonyl (C=O) groups excluding carboxylic acids is 2. The van der Waals surface area contributed by atoms with E-state index in [0.29, 0.717) is 47.8 Å². The number of nitrogens with one attached hydrogen (secondary N) is 2. The molecule has 3 aromatic rings. The summed E-state index contributed by atoms with van der Waals surface area (Å²) in [5, 5.41) is 5.55. The van der Waals surface area contributed by atoms with Crippen molar-refractivity contribution in [1.82, 2.24) is 10.3 Å². The van der Waals surface area contributed by atoms with Gasteiger partial charge >= 0.3 is 12.0 Å². The predicted octanol–water partition coefficient (Wildman–Crippen LogP) is 4.88. The van der Waals surface area contributed by atoms with E-state index in [2.05, 4.69) is 15.6 Å². The third kappa shape index (κ3) is 6.04. The molecule has 0 bridgehead atoms. The van der Waals surface area contributed by atoms with E-state index in [1.807, 2.05) is 0 Å². The molecule has 2 aromatic carbocycles. The Morgan fingerprint density at radius 3 is 2.83 bits per heavy atom. The van der Waals surface area contributed by atoms with Gasteiger partial charge < -0.3 is 19.8 Å². The topological polar surface area (TPSA) is 93.5 Å². The summed E-state index contributed by atoms with van der Waals surface area (Å²) in [7, 11) is 0. The monoisotopic (exact) mass is 413 g/mol. The van der Waals surface area contributed by atoms with Crippen LogP contribution in [0.3, 0.4) is 0 Å². The molecule has 0 aliphatic rings. The summed E-state index contributed by atoms with van der Waals surface area (Å²) in [4.78, 5) is 27.6. The molecule has 0 radical (unpaired) electrons. The molecule has 0 fully saturated rings. The lowest BCUT2D eigenvalue weighted by Crippen LogP contribution is -2.29. The van der Waals surface area contributed by atoms with Crippen LogP contribution in [0.4, 0.5) is 14.9 Å². The van der Waals surface area contributed by atoms with E-state index < -0.39 is 0 Å². The van der Waals surface area contributed by atoms with Crippen molar-refractivity contribution in [3.63, 3.8) is 0 Å². The molecule has 1 heterocycles. The number of hydrogen-bond donors (Lipinski definition) is 2. The number of hydrogen-bond acceptors (Lipinski definition) is 5. The van der Waals surface area contributed by atoms with Crippen molar-refractivity contribution in [2.24, 2.45) is 0 Å². The molecule has 0 saturated carbocycles. The zero-order valence-corrected chi connectivity index (χ0v) is 16.7. The molecule has 3 rings (SSSR count). The van der Waals surface area contributed by atoms with Crippen LogP contribution in [0.5, 0.6) is 0 Å². The molecule has 158 valence electrons.